The second-order valence-electron chi connectivity index (χ2n) is 6.34. The number of nitrogens with zero attached hydrogens (tertiary/aromatic N) is 1. The van der Waals surface area contributed by atoms with Gasteiger partial charge in [0, 0.05) is 19.2 Å². The highest BCUT2D eigenvalue weighted by atomic mass is 16.5. The quantitative estimate of drug-likeness (QED) is 0.873. The number of benzene rings is 1. The number of rotatable bonds is 6. The maximum atomic E-state index is 12.2. The highest BCUT2D eigenvalue weighted by molar-refractivity contribution is 5.78. The van der Waals surface area contributed by atoms with Crippen molar-refractivity contribution in [1.29, 1.82) is 0 Å². The summed E-state index contributed by atoms with van der Waals surface area (Å²) >= 11 is 0. The van der Waals surface area contributed by atoms with Gasteiger partial charge in [-0.05, 0) is 49.9 Å². The standard InChI is InChI=1S/C18H26N2O3/c1-22-15-8-6-14(7-9-15)17-5-2-10-20(17)13-18(21)19-12-16-4-3-11-23-16/h6-9,16-17H,2-5,10-13H2,1H3,(H,19,21). The lowest BCUT2D eigenvalue weighted by Gasteiger charge is -2.24. The molecule has 2 heterocycles. The lowest BCUT2D eigenvalue weighted by molar-refractivity contribution is -0.123. The van der Waals surface area contributed by atoms with Crippen molar-refractivity contribution in [3.8, 4) is 5.75 Å². The van der Waals surface area contributed by atoms with Gasteiger partial charge in [-0.25, -0.2) is 0 Å². The SMILES string of the molecule is COc1ccc(C2CCCN2CC(=O)NCC2CCCO2)cc1. The van der Waals surface area contributed by atoms with E-state index in [1.807, 2.05) is 12.1 Å². The van der Waals surface area contributed by atoms with Gasteiger partial charge in [0.05, 0.1) is 19.8 Å². The molecule has 5 heteroatoms. The molecule has 0 aliphatic carbocycles. The van der Waals surface area contributed by atoms with Crippen LogP contribution in [-0.4, -0.2) is 50.3 Å². The molecule has 3 rings (SSSR count). The van der Waals surface area contributed by atoms with Crippen LogP contribution in [-0.2, 0) is 9.53 Å². The fourth-order valence-corrected chi connectivity index (χ4v) is 3.49. The fourth-order valence-electron chi connectivity index (χ4n) is 3.49. The van der Waals surface area contributed by atoms with Crippen molar-refractivity contribution in [1.82, 2.24) is 10.2 Å². The lowest BCUT2D eigenvalue weighted by atomic mass is 10.0. The number of amides is 1. The Labute approximate surface area is 137 Å². The van der Waals surface area contributed by atoms with E-state index >= 15 is 0 Å². The summed E-state index contributed by atoms with van der Waals surface area (Å²) in [6, 6.07) is 8.51. The minimum Gasteiger partial charge on any atom is -0.497 e. The van der Waals surface area contributed by atoms with Gasteiger partial charge in [-0.3, -0.25) is 9.69 Å². The second kappa shape index (κ2) is 7.79. The van der Waals surface area contributed by atoms with Crippen LogP contribution in [0.4, 0.5) is 0 Å². The Hall–Kier alpha value is -1.59. The summed E-state index contributed by atoms with van der Waals surface area (Å²) in [5.74, 6) is 0.966. The maximum Gasteiger partial charge on any atom is 0.234 e. The Bertz CT molecular complexity index is 512. The van der Waals surface area contributed by atoms with Gasteiger partial charge in [-0.15, -0.1) is 0 Å². The average molecular weight is 318 g/mol. The predicted octanol–water partition coefficient (Wildman–Crippen LogP) is 2.13. The molecule has 126 valence electrons. The molecule has 1 aromatic carbocycles. The molecule has 0 spiro atoms. The monoisotopic (exact) mass is 318 g/mol. The van der Waals surface area contributed by atoms with Gasteiger partial charge in [-0.1, -0.05) is 12.1 Å². The van der Waals surface area contributed by atoms with Crippen molar-refractivity contribution < 1.29 is 14.3 Å². The number of ether oxygens (including phenoxy) is 2. The molecule has 1 aromatic rings. The normalized spacial score (nSPS) is 24.7. The molecule has 1 amide bonds. The summed E-state index contributed by atoms with van der Waals surface area (Å²) < 4.78 is 10.8. The highest BCUT2D eigenvalue weighted by Gasteiger charge is 2.27. The van der Waals surface area contributed by atoms with Gasteiger partial charge in [0.25, 0.3) is 0 Å². The zero-order valence-corrected chi connectivity index (χ0v) is 13.8. The predicted molar refractivity (Wildman–Crippen MR) is 88.5 cm³/mol. The van der Waals surface area contributed by atoms with Crippen molar-refractivity contribution in [2.45, 2.75) is 37.8 Å². The smallest absolute Gasteiger partial charge is 0.234 e. The number of likely N-dealkylation sites (tertiary alicyclic amines) is 1. The Morgan fingerprint density at radius 1 is 1.30 bits per heavy atom. The summed E-state index contributed by atoms with van der Waals surface area (Å²) in [6.07, 6.45) is 4.60. The summed E-state index contributed by atoms with van der Waals surface area (Å²) in [4.78, 5) is 14.5. The molecular formula is C18H26N2O3. The molecule has 2 saturated heterocycles. The van der Waals surface area contributed by atoms with E-state index in [4.69, 9.17) is 9.47 Å². The topological polar surface area (TPSA) is 50.8 Å². The molecule has 0 aromatic heterocycles. The van der Waals surface area contributed by atoms with Crippen LogP contribution in [0.3, 0.4) is 0 Å². The number of methoxy groups -OCH3 is 1. The van der Waals surface area contributed by atoms with Crippen LogP contribution < -0.4 is 10.1 Å². The minimum absolute atomic E-state index is 0.0981. The fraction of sp³-hybridized carbons (Fsp3) is 0.611. The van der Waals surface area contributed by atoms with E-state index in [0.29, 0.717) is 19.1 Å². The van der Waals surface area contributed by atoms with Crippen LogP contribution in [0, 0.1) is 0 Å². The van der Waals surface area contributed by atoms with Gasteiger partial charge in [0.1, 0.15) is 5.75 Å². The third kappa shape index (κ3) is 4.24. The third-order valence-electron chi connectivity index (χ3n) is 4.76. The van der Waals surface area contributed by atoms with E-state index < -0.39 is 0 Å². The Morgan fingerprint density at radius 2 is 2.13 bits per heavy atom. The van der Waals surface area contributed by atoms with E-state index in [1.165, 1.54) is 5.56 Å². The molecule has 2 aliphatic rings. The number of carbonyl (C=O) groups excluding carboxylic acids is 1. The minimum atomic E-state index is 0.0981. The van der Waals surface area contributed by atoms with E-state index in [-0.39, 0.29) is 12.0 Å². The average Bonchev–Trinajstić information content (AvgIpc) is 3.25. The first kappa shape index (κ1) is 16.3. The molecule has 2 aliphatic heterocycles. The first-order valence-corrected chi connectivity index (χ1v) is 8.52. The first-order chi connectivity index (χ1) is 11.3. The van der Waals surface area contributed by atoms with Crippen molar-refractivity contribution in [2.24, 2.45) is 0 Å². The molecule has 2 fully saturated rings. The van der Waals surface area contributed by atoms with E-state index in [9.17, 15) is 4.79 Å². The summed E-state index contributed by atoms with van der Waals surface area (Å²) in [5, 5.41) is 3.02. The lowest BCUT2D eigenvalue weighted by Crippen LogP contribution is -2.39. The Morgan fingerprint density at radius 3 is 2.83 bits per heavy atom. The molecular weight excluding hydrogens is 292 g/mol. The maximum absolute atomic E-state index is 12.2. The highest BCUT2D eigenvalue weighted by Crippen LogP contribution is 2.32. The number of hydrogen-bond donors (Lipinski definition) is 1. The number of carbonyl (C=O) groups is 1. The van der Waals surface area contributed by atoms with Crippen LogP contribution in [0.2, 0.25) is 0 Å². The van der Waals surface area contributed by atoms with E-state index in [1.54, 1.807) is 7.11 Å². The Balaban J connectivity index is 1.52. The van der Waals surface area contributed by atoms with Crippen LogP contribution in [0.15, 0.2) is 24.3 Å². The van der Waals surface area contributed by atoms with Gasteiger partial charge in [0.15, 0.2) is 0 Å². The van der Waals surface area contributed by atoms with Crippen LogP contribution in [0.1, 0.15) is 37.3 Å². The first-order valence-electron chi connectivity index (χ1n) is 8.52. The number of nitrogens with one attached hydrogen (secondary N) is 1. The molecule has 23 heavy (non-hydrogen) atoms. The summed E-state index contributed by atoms with van der Waals surface area (Å²) in [7, 11) is 1.68. The Kier molecular flexibility index (Phi) is 5.51. The number of hydrogen-bond acceptors (Lipinski definition) is 4. The van der Waals surface area contributed by atoms with Crippen molar-refractivity contribution in [3.63, 3.8) is 0 Å². The van der Waals surface area contributed by atoms with Crippen molar-refractivity contribution >= 4 is 5.91 Å². The zero-order chi connectivity index (χ0) is 16.1. The zero-order valence-electron chi connectivity index (χ0n) is 13.8. The van der Waals surface area contributed by atoms with Crippen LogP contribution >= 0.6 is 0 Å². The van der Waals surface area contributed by atoms with Gasteiger partial charge in [0.2, 0.25) is 5.91 Å². The molecule has 5 nitrogen and oxygen atoms in total. The molecule has 1 N–H and O–H groups in total. The molecule has 2 unspecified atom stereocenters. The molecule has 0 bridgehead atoms. The van der Waals surface area contributed by atoms with Crippen LogP contribution in [0.5, 0.6) is 5.75 Å². The molecule has 0 radical (unpaired) electrons. The summed E-state index contributed by atoms with van der Waals surface area (Å²) in [5.41, 5.74) is 1.26. The molecule has 2 atom stereocenters. The summed E-state index contributed by atoms with van der Waals surface area (Å²) in [6.45, 7) is 2.90. The molecule has 0 saturated carbocycles. The van der Waals surface area contributed by atoms with Gasteiger partial charge < -0.3 is 14.8 Å². The van der Waals surface area contributed by atoms with Crippen molar-refractivity contribution in [2.75, 3.05) is 33.4 Å². The van der Waals surface area contributed by atoms with Crippen molar-refractivity contribution in [3.05, 3.63) is 29.8 Å². The van der Waals surface area contributed by atoms with Crippen LogP contribution in [0.25, 0.3) is 0 Å². The second-order valence-corrected chi connectivity index (χ2v) is 6.34. The largest absolute Gasteiger partial charge is 0.497 e. The third-order valence-corrected chi connectivity index (χ3v) is 4.76. The van der Waals surface area contributed by atoms with E-state index in [2.05, 4.69) is 22.3 Å². The van der Waals surface area contributed by atoms with Gasteiger partial charge >= 0.3 is 0 Å². The van der Waals surface area contributed by atoms with E-state index in [0.717, 1.165) is 44.6 Å². The van der Waals surface area contributed by atoms with Gasteiger partial charge in [-0.2, -0.15) is 0 Å².